The number of nitrogen functional groups attached to an aromatic ring is 1. The van der Waals surface area contributed by atoms with Crippen LogP contribution in [0.5, 0.6) is 0 Å². The number of nitrogens with two attached hydrogens (primary N) is 1. The first-order chi connectivity index (χ1) is 3.43. The van der Waals surface area contributed by atoms with E-state index in [4.69, 9.17) is 5.84 Å². The fourth-order valence-electron chi connectivity index (χ4n) is 0.189. The Morgan fingerprint density at radius 2 is 2.57 bits per heavy atom. The van der Waals surface area contributed by atoms with E-state index in [2.05, 4.69) is 20.2 Å². The third-order valence-corrected chi connectivity index (χ3v) is 0.950. The van der Waals surface area contributed by atoms with E-state index < -0.39 is 0 Å². The van der Waals surface area contributed by atoms with Crippen molar-refractivity contribution in [2.45, 2.75) is 0 Å². The molecule has 3 N–H and O–H groups in total. The molecule has 0 spiro atoms. The minimum absolute atomic E-state index is 0.528. The van der Waals surface area contributed by atoms with Crippen molar-refractivity contribution in [1.29, 1.82) is 0 Å². The molecule has 0 atom stereocenters. The summed E-state index contributed by atoms with van der Waals surface area (Å²) in [5, 5.41) is 7.25. The Labute approximate surface area is 43.7 Å². The number of hydrogen-bond acceptors (Lipinski definition) is 6. The number of nitrogens with one attached hydrogen (secondary N) is 1. The molecule has 0 aromatic carbocycles. The highest BCUT2D eigenvalue weighted by Crippen LogP contribution is 1.99. The van der Waals surface area contributed by atoms with Crippen molar-refractivity contribution in [2.24, 2.45) is 5.84 Å². The van der Waals surface area contributed by atoms with Gasteiger partial charge < -0.3 is 0 Å². The van der Waals surface area contributed by atoms with Crippen LogP contribution in [0, 0.1) is 0 Å². The minimum atomic E-state index is 0.528. The molecule has 0 aliphatic heterocycles. The van der Waals surface area contributed by atoms with E-state index in [0.717, 1.165) is 11.5 Å². The van der Waals surface area contributed by atoms with E-state index in [0.29, 0.717) is 5.13 Å². The second kappa shape index (κ2) is 1.80. The van der Waals surface area contributed by atoms with E-state index in [1.807, 2.05) is 0 Å². The molecule has 0 unspecified atom stereocenters. The lowest BCUT2D eigenvalue weighted by atomic mass is 11.3. The van der Waals surface area contributed by atoms with Gasteiger partial charge in [-0.1, -0.05) is 9.59 Å². The second-order valence-corrected chi connectivity index (χ2v) is 1.54. The van der Waals surface area contributed by atoms with Crippen molar-refractivity contribution in [3.05, 3.63) is 0 Å². The maximum Gasteiger partial charge on any atom is 0.239 e. The van der Waals surface area contributed by atoms with Crippen LogP contribution in [0.25, 0.3) is 0 Å². The van der Waals surface area contributed by atoms with Gasteiger partial charge in [0.1, 0.15) is 0 Å². The number of nitrogens with zero attached hydrogens (tertiary/aromatic N) is 3. The van der Waals surface area contributed by atoms with Crippen molar-refractivity contribution in [3.63, 3.8) is 0 Å². The van der Waals surface area contributed by atoms with Crippen LogP contribution in [0.2, 0.25) is 0 Å². The predicted molar refractivity (Wildman–Crippen MR) is 25.5 cm³/mol. The zero-order valence-corrected chi connectivity index (χ0v) is 4.14. The maximum absolute atomic E-state index is 4.91. The van der Waals surface area contributed by atoms with Crippen LogP contribution in [0.1, 0.15) is 0 Å². The third kappa shape index (κ3) is 0.815. The molecule has 0 amide bonds. The molecule has 7 heavy (non-hydrogen) atoms. The first-order valence-corrected chi connectivity index (χ1v) is 2.32. The zero-order valence-electron chi connectivity index (χ0n) is 3.33. The van der Waals surface area contributed by atoms with Crippen molar-refractivity contribution in [2.75, 3.05) is 5.43 Å². The molecule has 0 saturated carbocycles. The molecule has 5 nitrogen and oxygen atoms in total. The van der Waals surface area contributed by atoms with Gasteiger partial charge in [0.2, 0.25) is 5.13 Å². The van der Waals surface area contributed by atoms with Gasteiger partial charge in [-0.25, -0.2) is 5.84 Å². The summed E-state index contributed by atoms with van der Waals surface area (Å²) in [4.78, 5) is 0. The largest absolute Gasteiger partial charge is 0.297 e. The highest BCUT2D eigenvalue weighted by atomic mass is 32.1. The van der Waals surface area contributed by atoms with Gasteiger partial charge in [0.25, 0.3) is 0 Å². The average Bonchev–Trinajstić information content (AvgIpc) is 2.14. The minimum Gasteiger partial charge on any atom is -0.297 e. The summed E-state index contributed by atoms with van der Waals surface area (Å²) in [7, 11) is 0. The van der Waals surface area contributed by atoms with Gasteiger partial charge in [-0.15, -0.1) is 0 Å². The Morgan fingerprint density at radius 3 is 2.86 bits per heavy atom. The van der Waals surface area contributed by atoms with E-state index in [9.17, 15) is 0 Å². The Hall–Kier alpha value is -0.750. The summed E-state index contributed by atoms with van der Waals surface area (Å²) in [6.07, 6.45) is 0. The molecule has 1 aromatic heterocycles. The van der Waals surface area contributed by atoms with Crippen LogP contribution >= 0.6 is 11.5 Å². The Balaban J connectivity index is 2.76. The molecule has 0 bridgehead atoms. The number of hydrazine groups is 1. The molecule has 1 rings (SSSR count). The number of anilines is 1. The molecule has 1 aromatic rings. The number of hydrogen-bond donors (Lipinski definition) is 2. The highest BCUT2D eigenvalue weighted by molar-refractivity contribution is 7.09. The molecule has 6 heteroatoms. The van der Waals surface area contributed by atoms with Gasteiger partial charge in [-0.05, 0) is 5.21 Å². The van der Waals surface area contributed by atoms with Gasteiger partial charge in [0, 0.05) is 11.5 Å². The molecule has 0 fully saturated rings. The smallest absolute Gasteiger partial charge is 0.239 e. The van der Waals surface area contributed by atoms with E-state index in [-0.39, 0.29) is 0 Å². The molecule has 0 radical (unpaired) electrons. The normalized spacial score (nSPS) is 8.71. The van der Waals surface area contributed by atoms with Crippen molar-refractivity contribution in [3.8, 4) is 0 Å². The summed E-state index contributed by atoms with van der Waals surface area (Å²) in [5.41, 5.74) is 2.29. The van der Waals surface area contributed by atoms with Gasteiger partial charge >= 0.3 is 0 Å². The van der Waals surface area contributed by atoms with Gasteiger partial charge in [-0.2, -0.15) is 0 Å². The molecular formula is CH3N5S. The lowest BCUT2D eigenvalue weighted by molar-refractivity contribution is 0.956. The van der Waals surface area contributed by atoms with Crippen LogP contribution in [-0.4, -0.2) is 14.8 Å². The van der Waals surface area contributed by atoms with E-state index in [1.54, 1.807) is 0 Å². The first-order valence-electron chi connectivity index (χ1n) is 1.55. The Morgan fingerprint density at radius 1 is 1.71 bits per heavy atom. The van der Waals surface area contributed by atoms with Crippen LogP contribution < -0.4 is 11.3 Å². The van der Waals surface area contributed by atoms with Crippen LogP contribution in [0.3, 0.4) is 0 Å². The molecule has 0 aliphatic carbocycles. The molecule has 0 aliphatic rings. The fourth-order valence-corrected chi connectivity index (χ4v) is 0.465. The molecule has 1 heterocycles. The lowest BCUT2D eigenvalue weighted by Crippen LogP contribution is -2.05. The van der Waals surface area contributed by atoms with Gasteiger partial charge in [0.05, 0.1) is 0 Å². The molecule has 0 saturated heterocycles. The predicted octanol–water partition coefficient (Wildman–Crippen LogP) is -0.781. The van der Waals surface area contributed by atoms with Crippen molar-refractivity contribution in [1.82, 2.24) is 14.8 Å². The van der Waals surface area contributed by atoms with Crippen molar-refractivity contribution < 1.29 is 0 Å². The Kier molecular flexibility index (Phi) is 1.14. The topological polar surface area (TPSA) is 76.7 Å². The first kappa shape index (κ1) is 4.41. The fraction of sp³-hybridized carbons (Fsp3) is 0. The SMILES string of the molecule is NNc1nnns1. The Bertz CT molecular complexity index is 123. The van der Waals surface area contributed by atoms with Crippen molar-refractivity contribution >= 4 is 16.7 Å². The number of rotatable bonds is 1. The molecular weight excluding hydrogens is 114 g/mol. The summed E-state index contributed by atoms with van der Waals surface area (Å²) in [5.74, 6) is 4.91. The monoisotopic (exact) mass is 117 g/mol. The second-order valence-electron chi connectivity index (χ2n) is 0.812. The van der Waals surface area contributed by atoms with Crippen LogP contribution in [-0.2, 0) is 0 Å². The van der Waals surface area contributed by atoms with Gasteiger partial charge in [0.15, 0.2) is 0 Å². The summed E-state index contributed by atoms with van der Waals surface area (Å²) >= 11 is 1.11. The summed E-state index contributed by atoms with van der Waals surface area (Å²) < 4.78 is 3.43. The highest BCUT2D eigenvalue weighted by Gasteiger charge is 1.87. The average molecular weight is 117 g/mol. The maximum atomic E-state index is 4.91. The van der Waals surface area contributed by atoms with Crippen LogP contribution in [0.4, 0.5) is 5.13 Å². The molecule has 38 valence electrons. The standard InChI is InChI=1S/CH3N5S/c2-3-1-4-5-6-7-1/h2H2,(H,3,4,6). The van der Waals surface area contributed by atoms with E-state index >= 15 is 0 Å². The number of aromatic nitrogens is 3. The van der Waals surface area contributed by atoms with E-state index in [1.165, 1.54) is 0 Å². The quantitative estimate of drug-likeness (QED) is 0.372. The van der Waals surface area contributed by atoms with Crippen LogP contribution in [0.15, 0.2) is 0 Å². The lowest BCUT2D eigenvalue weighted by Gasteiger charge is -1.80. The third-order valence-electron chi connectivity index (χ3n) is 0.423. The van der Waals surface area contributed by atoms with Gasteiger partial charge in [-0.3, -0.25) is 5.43 Å². The summed E-state index contributed by atoms with van der Waals surface area (Å²) in [6, 6.07) is 0. The zero-order chi connectivity index (χ0) is 5.11. The summed E-state index contributed by atoms with van der Waals surface area (Å²) in [6.45, 7) is 0.